The minimum Gasteiger partial charge on any atom is -0.478 e. The summed E-state index contributed by atoms with van der Waals surface area (Å²) in [6.07, 6.45) is 0. The summed E-state index contributed by atoms with van der Waals surface area (Å²) < 4.78 is 25.9. The van der Waals surface area contributed by atoms with Crippen molar-refractivity contribution in [2.75, 3.05) is 6.61 Å². The van der Waals surface area contributed by atoms with Crippen LogP contribution in [0.3, 0.4) is 0 Å². The molecule has 1 amide bonds. The van der Waals surface area contributed by atoms with E-state index in [0.717, 1.165) is 0 Å². The quantitative estimate of drug-likeness (QED) is 0.656. The van der Waals surface area contributed by atoms with Crippen LogP contribution in [0, 0.1) is 0 Å². The molecule has 0 aromatic heterocycles. The molecule has 1 atom stereocenters. The van der Waals surface area contributed by atoms with Gasteiger partial charge in [-0.2, -0.15) is 4.72 Å². The SMILES string of the molecule is O=C(O)c1ccc(CS(=O)(=O)N[C@@H]2CONC2=O)cc1. The molecule has 1 aromatic rings. The van der Waals surface area contributed by atoms with Gasteiger partial charge in [-0.1, -0.05) is 12.1 Å². The maximum absolute atomic E-state index is 11.9. The van der Waals surface area contributed by atoms with Gasteiger partial charge in [0.15, 0.2) is 0 Å². The lowest BCUT2D eigenvalue weighted by Gasteiger charge is -2.09. The number of sulfonamides is 1. The van der Waals surface area contributed by atoms with Crippen LogP contribution in [0.2, 0.25) is 0 Å². The van der Waals surface area contributed by atoms with Crippen LogP contribution in [-0.4, -0.2) is 38.0 Å². The summed E-state index contributed by atoms with van der Waals surface area (Å²) in [5.74, 6) is -1.98. The number of nitrogens with one attached hydrogen (secondary N) is 2. The zero-order valence-electron chi connectivity index (χ0n) is 10.2. The Kier molecular flexibility index (Phi) is 4.02. The van der Waals surface area contributed by atoms with E-state index in [4.69, 9.17) is 5.11 Å². The Hall–Kier alpha value is -1.97. The number of carbonyl (C=O) groups excluding carboxylic acids is 1. The summed E-state index contributed by atoms with van der Waals surface area (Å²) in [7, 11) is -3.72. The molecule has 0 spiro atoms. The van der Waals surface area contributed by atoms with E-state index in [1.807, 2.05) is 5.48 Å². The third-order valence-electron chi connectivity index (χ3n) is 2.62. The second-order valence-electron chi connectivity index (χ2n) is 4.21. The number of hydrogen-bond donors (Lipinski definition) is 3. The number of benzene rings is 1. The number of hydroxylamine groups is 1. The highest BCUT2D eigenvalue weighted by Crippen LogP contribution is 2.09. The Balaban J connectivity index is 2.04. The van der Waals surface area contributed by atoms with Crippen LogP contribution in [-0.2, 0) is 25.4 Å². The fourth-order valence-corrected chi connectivity index (χ4v) is 2.98. The fourth-order valence-electron chi connectivity index (χ4n) is 1.65. The molecule has 1 fully saturated rings. The van der Waals surface area contributed by atoms with Crippen molar-refractivity contribution in [3.8, 4) is 0 Å². The van der Waals surface area contributed by atoms with E-state index >= 15 is 0 Å². The summed E-state index contributed by atoms with van der Waals surface area (Å²) in [6.45, 7) is -0.0734. The number of carboxylic acid groups (broad SMARTS) is 1. The molecule has 1 aliphatic rings. The Morgan fingerprint density at radius 2 is 2.05 bits per heavy atom. The Morgan fingerprint density at radius 1 is 1.40 bits per heavy atom. The first-order valence-corrected chi connectivity index (χ1v) is 7.26. The van der Waals surface area contributed by atoms with Crippen LogP contribution in [0.5, 0.6) is 0 Å². The van der Waals surface area contributed by atoms with Gasteiger partial charge >= 0.3 is 5.97 Å². The molecular weight excluding hydrogens is 288 g/mol. The second-order valence-corrected chi connectivity index (χ2v) is 5.96. The molecule has 8 nitrogen and oxygen atoms in total. The summed E-state index contributed by atoms with van der Waals surface area (Å²) >= 11 is 0. The Bertz CT molecular complexity index is 625. The molecular formula is C11H12N2O6S. The third kappa shape index (κ3) is 3.53. The predicted molar refractivity (Wildman–Crippen MR) is 67.0 cm³/mol. The normalized spacial score (nSPS) is 18.8. The average Bonchev–Trinajstić information content (AvgIpc) is 2.74. The van der Waals surface area contributed by atoms with Crippen LogP contribution >= 0.6 is 0 Å². The third-order valence-corrected chi connectivity index (χ3v) is 3.98. The van der Waals surface area contributed by atoms with E-state index in [1.54, 1.807) is 0 Å². The van der Waals surface area contributed by atoms with Crippen molar-refractivity contribution in [2.24, 2.45) is 0 Å². The van der Waals surface area contributed by atoms with E-state index in [0.29, 0.717) is 5.56 Å². The monoisotopic (exact) mass is 300 g/mol. The fraction of sp³-hybridized carbons (Fsp3) is 0.273. The van der Waals surface area contributed by atoms with Crippen molar-refractivity contribution in [3.63, 3.8) is 0 Å². The molecule has 0 radical (unpaired) electrons. The lowest BCUT2D eigenvalue weighted by Crippen LogP contribution is -2.42. The van der Waals surface area contributed by atoms with E-state index in [1.165, 1.54) is 24.3 Å². The second kappa shape index (κ2) is 5.57. The maximum Gasteiger partial charge on any atom is 0.335 e. The molecule has 1 saturated heterocycles. The number of carbonyl (C=O) groups is 2. The van der Waals surface area contributed by atoms with Gasteiger partial charge in [0, 0.05) is 0 Å². The van der Waals surface area contributed by atoms with Crippen molar-refractivity contribution in [1.82, 2.24) is 10.2 Å². The van der Waals surface area contributed by atoms with Gasteiger partial charge in [0.1, 0.15) is 12.6 Å². The van der Waals surface area contributed by atoms with Crippen molar-refractivity contribution >= 4 is 21.9 Å². The minimum absolute atomic E-state index is 0.0719. The molecule has 0 saturated carbocycles. The predicted octanol–water partition coefficient (Wildman–Crippen LogP) is -0.766. The highest BCUT2D eigenvalue weighted by atomic mass is 32.2. The smallest absolute Gasteiger partial charge is 0.335 e. The molecule has 1 aliphatic heterocycles. The Labute approximate surface area is 114 Å². The van der Waals surface area contributed by atoms with Gasteiger partial charge in [-0.05, 0) is 17.7 Å². The van der Waals surface area contributed by atoms with Gasteiger partial charge in [-0.15, -0.1) is 0 Å². The van der Waals surface area contributed by atoms with Crippen LogP contribution in [0.4, 0.5) is 0 Å². The lowest BCUT2D eigenvalue weighted by molar-refractivity contribution is -0.124. The number of carboxylic acids is 1. The molecule has 9 heteroatoms. The maximum atomic E-state index is 11.9. The molecule has 0 unspecified atom stereocenters. The summed E-state index contributed by atoms with van der Waals surface area (Å²) in [4.78, 5) is 26.5. The van der Waals surface area contributed by atoms with Crippen molar-refractivity contribution < 1.29 is 28.0 Å². The van der Waals surface area contributed by atoms with Crippen molar-refractivity contribution in [3.05, 3.63) is 35.4 Å². The Morgan fingerprint density at radius 3 is 2.55 bits per heavy atom. The lowest BCUT2D eigenvalue weighted by atomic mass is 10.1. The molecule has 20 heavy (non-hydrogen) atoms. The van der Waals surface area contributed by atoms with Gasteiger partial charge in [0.05, 0.1) is 11.3 Å². The zero-order valence-corrected chi connectivity index (χ0v) is 11.0. The topological polar surface area (TPSA) is 122 Å². The van der Waals surface area contributed by atoms with Crippen LogP contribution < -0.4 is 10.2 Å². The summed E-state index contributed by atoms with van der Waals surface area (Å²) in [5.41, 5.74) is 2.54. The van der Waals surface area contributed by atoms with Gasteiger partial charge < -0.3 is 5.11 Å². The van der Waals surface area contributed by atoms with Gasteiger partial charge in [0.25, 0.3) is 5.91 Å². The van der Waals surface area contributed by atoms with Crippen LogP contribution in [0.1, 0.15) is 15.9 Å². The van der Waals surface area contributed by atoms with Crippen molar-refractivity contribution in [2.45, 2.75) is 11.8 Å². The molecule has 1 aromatic carbocycles. The average molecular weight is 300 g/mol. The number of hydrogen-bond acceptors (Lipinski definition) is 5. The molecule has 1 heterocycles. The molecule has 0 aliphatic carbocycles. The first-order chi connectivity index (χ1) is 9.37. The number of rotatable bonds is 5. The molecule has 108 valence electrons. The zero-order chi connectivity index (χ0) is 14.8. The van der Waals surface area contributed by atoms with Gasteiger partial charge in [0.2, 0.25) is 10.0 Å². The van der Waals surface area contributed by atoms with Crippen LogP contribution in [0.25, 0.3) is 0 Å². The molecule has 3 N–H and O–H groups in total. The largest absolute Gasteiger partial charge is 0.478 e. The van der Waals surface area contributed by atoms with Crippen molar-refractivity contribution in [1.29, 1.82) is 0 Å². The molecule has 0 bridgehead atoms. The number of amides is 1. The van der Waals surface area contributed by atoms with E-state index in [-0.39, 0.29) is 17.9 Å². The number of aromatic carboxylic acids is 1. The molecule has 2 rings (SSSR count). The van der Waals surface area contributed by atoms with Crippen LogP contribution in [0.15, 0.2) is 24.3 Å². The van der Waals surface area contributed by atoms with E-state index < -0.39 is 27.9 Å². The van der Waals surface area contributed by atoms with E-state index in [2.05, 4.69) is 9.56 Å². The first kappa shape index (κ1) is 14.4. The van der Waals surface area contributed by atoms with E-state index in [9.17, 15) is 18.0 Å². The highest BCUT2D eigenvalue weighted by Gasteiger charge is 2.29. The standard InChI is InChI=1S/C11H12N2O6S/c14-10-9(5-19-12-10)13-20(17,18)6-7-1-3-8(4-2-7)11(15)16/h1-4,9,13H,5-6H2,(H,12,14)(H,15,16)/t9-/m1/s1. The van der Waals surface area contributed by atoms with Gasteiger partial charge in [-0.25, -0.2) is 18.7 Å². The summed E-state index contributed by atoms with van der Waals surface area (Å²) in [5, 5.41) is 8.74. The summed E-state index contributed by atoms with van der Waals surface area (Å²) in [6, 6.07) is 4.51. The first-order valence-electron chi connectivity index (χ1n) is 5.61. The van der Waals surface area contributed by atoms with Gasteiger partial charge in [-0.3, -0.25) is 9.63 Å². The highest BCUT2D eigenvalue weighted by molar-refractivity contribution is 7.88. The minimum atomic E-state index is -3.72.